The number of amides is 2. The summed E-state index contributed by atoms with van der Waals surface area (Å²) in [6.07, 6.45) is 0. The van der Waals surface area contributed by atoms with Crippen molar-refractivity contribution in [1.82, 2.24) is 9.80 Å². The van der Waals surface area contributed by atoms with Crippen LogP contribution in [0.3, 0.4) is 0 Å². The Bertz CT molecular complexity index is 1200. The second kappa shape index (κ2) is 10.6. The van der Waals surface area contributed by atoms with Crippen LogP contribution >= 0.6 is 0 Å². The second-order valence-corrected chi connectivity index (χ2v) is 8.13. The molecule has 7 heteroatoms. The highest BCUT2D eigenvalue weighted by atomic mass is 16.5. The number of carbonyl (C=O) groups is 2. The fourth-order valence-electron chi connectivity index (χ4n) is 4.19. The third-order valence-electron chi connectivity index (χ3n) is 5.96. The van der Waals surface area contributed by atoms with Crippen LogP contribution in [-0.4, -0.2) is 47.8 Å². The molecule has 3 aromatic carbocycles. The number of hydrogen-bond acceptors (Lipinski definition) is 5. The highest BCUT2D eigenvalue weighted by Gasteiger charge is 2.30. The Kier molecular flexibility index (Phi) is 7.21. The number of nitrogens with zero attached hydrogens (tertiary/aromatic N) is 3. The topological polar surface area (TPSA) is 99.7 Å². The highest BCUT2D eigenvalue weighted by Crippen LogP contribution is 2.23. The summed E-state index contributed by atoms with van der Waals surface area (Å²) in [5, 5.41) is 9.24. The van der Waals surface area contributed by atoms with Crippen LogP contribution in [0.5, 0.6) is 5.75 Å². The first kappa shape index (κ1) is 23.0. The van der Waals surface area contributed by atoms with Gasteiger partial charge in [0.2, 0.25) is 5.91 Å². The molecule has 1 saturated heterocycles. The van der Waals surface area contributed by atoms with Gasteiger partial charge in [-0.05, 0) is 29.8 Å². The Balaban J connectivity index is 1.39. The lowest BCUT2D eigenvalue weighted by atomic mass is 10.0. The molecule has 7 nitrogen and oxygen atoms in total. The van der Waals surface area contributed by atoms with Gasteiger partial charge in [-0.2, -0.15) is 5.26 Å². The summed E-state index contributed by atoms with van der Waals surface area (Å²) >= 11 is 0. The van der Waals surface area contributed by atoms with E-state index in [1.165, 1.54) is 0 Å². The Morgan fingerprint density at radius 2 is 1.65 bits per heavy atom. The molecular weight excluding hydrogens is 428 g/mol. The lowest BCUT2D eigenvalue weighted by Crippen LogP contribution is -2.51. The van der Waals surface area contributed by atoms with Crippen LogP contribution < -0.4 is 10.5 Å². The number of carbonyl (C=O) groups excluding carboxylic acids is 2. The maximum absolute atomic E-state index is 13.1. The van der Waals surface area contributed by atoms with Gasteiger partial charge < -0.3 is 15.4 Å². The summed E-state index contributed by atoms with van der Waals surface area (Å²) in [6, 6.07) is 25.5. The zero-order chi connectivity index (χ0) is 23.9. The molecule has 0 bridgehead atoms. The molecule has 3 aromatic rings. The molecule has 34 heavy (non-hydrogen) atoms. The van der Waals surface area contributed by atoms with Gasteiger partial charge in [0.1, 0.15) is 18.4 Å². The van der Waals surface area contributed by atoms with E-state index in [1.54, 1.807) is 35.2 Å². The van der Waals surface area contributed by atoms with E-state index >= 15 is 0 Å². The monoisotopic (exact) mass is 454 g/mol. The molecule has 4 rings (SSSR count). The maximum Gasteiger partial charge on any atom is 0.254 e. The maximum atomic E-state index is 13.1. The van der Waals surface area contributed by atoms with Crippen molar-refractivity contribution in [1.29, 1.82) is 5.26 Å². The Morgan fingerprint density at radius 3 is 2.35 bits per heavy atom. The number of benzene rings is 3. The average molecular weight is 455 g/mol. The van der Waals surface area contributed by atoms with E-state index in [-0.39, 0.29) is 12.5 Å². The highest BCUT2D eigenvalue weighted by molar-refractivity contribution is 5.94. The molecule has 1 heterocycles. The Morgan fingerprint density at radius 1 is 0.941 bits per heavy atom. The first-order chi connectivity index (χ1) is 16.6. The number of hydrogen-bond donors (Lipinski definition) is 1. The number of primary amides is 1. The van der Waals surface area contributed by atoms with Crippen LogP contribution in [0.1, 0.15) is 33.1 Å². The van der Waals surface area contributed by atoms with Crippen molar-refractivity contribution >= 4 is 11.8 Å². The van der Waals surface area contributed by atoms with Gasteiger partial charge in [-0.3, -0.25) is 14.5 Å². The lowest BCUT2D eigenvalue weighted by molar-refractivity contribution is -0.124. The molecule has 2 N–H and O–H groups in total. The molecule has 0 spiro atoms. The standard InChI is InChI=1S/C27H26N4O3/c28-18-22-9-4-5-10-23(22)19-34-24-12-6-11-21(17-24)27(33)31-15-13-30(14-16-31)25(26(29)32)20-7-2-1-3-8-20/h1-12,17,25H,13-16,19H2,(H2,29,32). The van der Waals surface area contributed by atoms with Crippen molar-refractivity contribution in [3.63, 3.8) is 0 Å². The van der Waals surface area contributed by atoms with Crippen LogP contribution in [-0.2, 0) is 11.4 Å². The Labute approximate surface area is 199 Å². The van der Waals surface area contributed by atoms with Crippen molar-refractivity contribution in [2.24, 2.45) is 5.73 Å². The molecule has 1 aliphatic heterocycles. The molecule has 1 unspecified atom stereocenters. The SMILES string of the molecule is N#Cc1ccccc1COc1cccc(C(=O)N2CCN(C(C(N)=O)c3ccccc3)CC2)c1. The van der Waals surface area contributed by atoms with Crippen LogP contribution in [0.2, 0.25) is 0 Å². The fourth-order valence-corrected chi connectivity index (χ4v) is 4.19. The summed E-state index contributed by atoms with van der Waals surface area (Å²) in [6.45, 7) is 2.34. The van der Waals surface area contributed by atoms with Gasteiger partial charge in [-0.15, -0.1) is 0 Å². The normalized spacial score (nSPS) is 14.7. The second-order valence-electron chi connectivity index (χ2n) is 8.13. The van der Waals surface area contributed by atoms with Gasteiger partial charge in [-0.1, -0.05) is 54.6 Å². The van der Waals surface area contributed by atoms with Crippen molar-refractivity contribution in [2.45, 2.75) is 12.6 Å². The summed E-state index contributed by atoms with van der Waals surface area (Å²) in [7, 11) is 0. The van der Waals surface area contributed by atoms with Crippen molar-refractivity contribution in [3.05, 3.63) is 101 Å². The first-order valence-corrected chi connectivity index (χ1v) is 11.2. The molecule has 1 atom stereocenters. The van der Waals surface area contributed by atoms with Gasteiger partial charge in [0.15, 0.2) is 0 Å². The van der Waals surface area contributed by atoms with E-state index in [2.05, 4.69) is 6.07 Å². The predicted octanol–water partition coefficient (Wildman–Crippen LogP) is 3.12. The van der Waals surface area contributed by atoms with E-state index in [0.29, 0.717) is 43.1 Å². The third kappa shape index (κ3) is 5.25. The van der Waals surface area contributed by atoms with Crippen LogP contribution in [0, 0.1) is 11.3 Å². The van der Waals surface area contributed by atoms with E-state index in [1.807, 2.05) is 53.4 Å². The van der Waals surface area contributed by atoms with Gasteiger partial charge >= 0.3 is 0 Å². The smallest absolute Gasteiger partial charge is 0.254 e. The molecular formula is C27H26N4O3. The number of ether oxygens (including phenoxy) is 1. The summed E-state index contributed by atoms with van der Waals surface area (Å²) in [4.78, 5) is 29.1. The van der Waals surface area contributed by atoms with Gasteiger partial charge in [-0.25, -0.2) is 0 Å². The van der Waals surface area contributed by atoms with Crippen LogP contribution in [0.15, 0.2) is 78.9 Å². The summed E-state index contributed by atoms with van der Waals surface area (Å²) < 4.78 is 5.86. The molecule has 1 aliphatic rings. The minimum atomic E-state index is -0.508. The number of nitrogens with two attached hydrogens (primary N) is 1. The molecule has 172 valence electrons. The van der Waals surface area contributed by atoms with Crippen LogP contribution in [0.4, 0.5) is 0 Å². The van der Waals surface area contributed by atoms with E-state index in [0.717, 1.165) is 11.1 Å². The molecule has 0 radical (unpaired) electrons. The minimum Gasteiger partial charge on any atom is -0.489 e. The summed E-state index contributed by atoms with van der Waals surface area (Å²) in [5.41, 5.74) is 8.45. The van der Waals surface area contributed by atoms with E-state index < -0.39 is 11.9 Å². The lowest BCUT2D eigenvalue weighted by Gasteiger charge is -2.38. The van der Waals surface area contributed by atoms with Gasteiger partial charge in [0, 0.05) is 37.3 Å². The minimum absolute atomic E-state index is 0.0853. The quantitative estimate of drug-likeness (QED) is 0.591. The van der Waals surface area contributed by atoms with Crippen molar-refractivity contribution in [3.8, 4) is 11.8 Å². The van der Waals surface area contributed by atoms with Gasteiger partial charge in [0.25, 0.3) is 5.91 Å². The molecule has 1 fully saturated rings. The van der Waals surface area contributed by atoms with E-state index in [4.69, 9.17) is 10.5 Å². The number of piperazine rings is 1. The first-order valence-electron chi connectivity index (χ1n) is 11.2. The molecule has 2 amide bonds. The molecule has 0 saturated carbocycles. The zero-order valence-corrected chi connectivity index (χ0v) is 18.8. The fraction of sp³-hybridized carbons (Fsp3) is 0.222. The number of rotatable bonds is 7. The third-order valence-corrected chi connectivity index (χ3v) is 5.96. The van der Waals surface area contributed by atoms with Crippen molar-refractivity contribution in [2.75, 3.05) is 26.2 Å². The largest absolute Gasteiger partial charge is 0.489 e. The number of nitriles is 1. The van der Waals surface area contributed by atoms with Gasteiger partial charge in [0.05, 0.1) is 11.6 Å². The zero-order valence-electron chi connectivity index (χ0n) is 18.8. The average Bonchev–Trinajstić information content (AvgIpc) is 2.88. The van der Waals surface area contributed by atoms with Crippen molar-refractivity contribution < 1.29 is 14.3 Å². The predicted molar refractivity (Wildman–Crippen MR) is 128 cm³/mol. The Hall–Kier alpha value is -4.15. The summed E-state index contributed by atoms with van der Waals surface area (Å²) in [5.74, 6) is 0.0850. The molecule has 0 aliphatic carbocycles. The van der Waals surface area contributed by atoms with E-state index in [9.17, 15) is 14.9 Å². The van der Waals surface area contributed by atoms with Crippen LogP contribution in [0.25, 0.3) is 0 Å². The molecule has 0 aromatic heterocycles.